The molecule has 2 saturated heterocycles. The van der Waals surface area contributed by atoms with Gasteiger partial charge in [0.15, 0.2) is 0 Å². The average Bonchev–Trinajstić information content (AvgIpc) is 2.46. The van der Waals surface area contributed by atoms with Crippen molar-refractivity contribution in [2.75, 3.05) is 32.7 Å². The van der Waals surface area contributed by atoms with Crippen molar-refractivity contribution in [2.24, 2.45) is 11.8 Å². The van der Waals surface area contributed by atoms with Crippen LogP contribution in [0.4, 0.5) is 0 Å². The summed E-state index contributed by atoms with van der Waals surface area (Å²) < 4.78 is 0. The monoisotopic (exact) mass is 281 g/mol. The van der Waals surface area contributed by atoms with E-state index in [4.69, 9.17) is 0 Å². The van der Waals surface area contributed by atoms with Crippen molar-refractivity contribution in [1.29, 1.82) is 0 Å². The Balaban J connectivity index is 1.64. The fourth-order valence-electron chi connectivity index (χ4n) is 3.35. The van der Waals surface area contributed by atoms with E-state index in [0.717, 1.165) is 26.1 Å². The quantitative estimate of drug-likeness (QED) is 0.805. The standard InChI is InChI=1S/C16H31N3O/c1-13-6-7-17-15(10-13)16(20)18-11-14(2)12-19-8-4-3-5-9-19/h13-15,17H,3-12H2,1-2H3,(H,18,20). The Labute approximate surface area is 123 Å². The van der Waals surface area contributed by atoms with E-state index in [1.165, 1.54) is 38.8 Å². The van der Waals surface area contributed by atoms with Crippen LogP contribution in [0.2, 0.25) is 0 Å². The minimum atomic E-state index is 0.0286. The van der Waals surface area contributed by atoms with Crippen LogP contribution in [0.3, 0.4) is 0 Å². The summed E-state index contributed by atoms with van der Waals surface area (Å²) in [6.07, 6.45) is 6.22. The van der Waals surface area contributed by atoms with E-state index in [1.807, 2.05) is 0 Å². The minimum Gasteiger partial charge on any atom is -0.354 e. The zero-order chi connectivity index (χ0) is 14.4. The Morgan fingerprint density at radius 3 is 2.80 bits per heavy atom. The summed E-state index contributed by atoms with van der Waals surface area (Å²) >= 11 is 0. The van der Waals surface area contributed by atoms with Gasteiger partial charge in [-0.3, -0.25) is 4.79 Å². The largest absolute Gasteiger partial charge is 0.354 e. The molecule has 0 aromatic rings. The molecule has 116 valence electrons. The van der Waals surface area contributed by atoms with Gasteiger partial charge in [-0.2, -0.15) is 0 Å². The maximum absolute atomic E-state index is 12.2. The van der Waals surface area contributed by atoms with Crippen molar-refractivity contribution >= 4 is 5.91 Å². The SMILES string of the molecule is CC1CCNC(C(=O)NCC(C)CN2CCCCC2)C1. The van der Waals surface area contributed by atoms with Gasteiger partial charge in [-0.05, 0) is 57.2 Å². The van der Waals surface area contributed by atoms with E-state index < -0.39 is 0 Å². The highest BCUT2D eigenvalue weighted by atomic mass is 16.2. The molecule has 2 aliphatic rings. The number of amides is 1. The molecule has 4 nitrogen and oxygen atoms in total. The van der Waals surface area contributed by atoms with Gasteiger partial charge in [-0.1, -0.05) is 20.3 Å². The number of nitrogens with zero attached hydrogens (tertiary/aromatic N) is 1. The number of likely N-dealkylation sites (tertiary alicyclic amines) is 1. The van der Waals surface area contributed by atoms with E-state index in [2.05, 4.69) is 29.4 Å². The first-order valence-electron chi connectivity index (χ1n) is 8.38. The molecule has 4 heteroatoms. The van der Waals surface area contributed by atoms with E-state index in [0.29, 0.717) is 11.8 Å². The van der Waals surface area contributed by atoms with Gasteiger partial charge in [0.2, 0.25) is 5.91 Å². The van der Waals surface area contributed by atoms with Gasteiger partial charge in [0, 0.05) is 13.1 Å². The second-order valence-corrected chi connectivity index (χ2v) is 6.85. The molecule has 0 aromatic carbocycles. The average molecular weight is 281 g/mol. The van der Waals surface area contributed by atoms with Crippen LogP contribution in [0.5, 0.6) is 0 Å². The molecule has 0 aliphatic carbocycles. The molecule has 0 aromatic heterocycles. The number of nitrogens with one attached hydrogen (secondary N) is 2. The van der Waals surface area contributed by atoms with Gasteiger partial charge >= 0.3 is 0 Å². The van der Waals surface area contributed by atoms with Gasteiger partial charge in [0.05, 0.1) is 6.04 Å². The lowest BCUT2D eigenvalue weighted by Crippen LogP contribution is -2.49. The molecule has 2 rings (SSSR count). The maximum Gasteiger partial charge on any atom is 0.237 e. The van der Waals surface area contributed by atoms with Crippen LogP contribution in [0.25, 0.3) is 0 Å². The summed E-state index contributed by atoms with van der Waals surface area (Å²) in [5.74, 6) is 1.40. The molecule has 3 atom stereocenters. The molecular weight excluding hydrogens is 250 g/mol. The van der Waals surface area contributed by atoms with E-state index in [1.54, 1.807) is 0 Å². The molecule has 2 heterocycles. The third-order valence-corrected chi connectivity index (χ3v) is 4.63. The lowest BCUT2D eigenvalue weighted by Gasteiger charge is -2.30. The lowest BCUT2D eigenvalue weighted by molar-refractivity contribution is -0.124. The van der Waals surface area contributed by atoms with E-state index in [-0.39, 0.29) is 11.9 Å². The number of carbonyl (C=O) groups is 1. The van der Waals surface area contributed by atoms with Gasteiger partial charge in [0.25, 0.3) is 0 Å². The summed E-state index contributed by atoms with van der Waals surface area (Å²) in [6, 6.07) is 0.0286. The van der Waals surface area contributed by atoms with E-state index in [9.17, 15) is 4.79 Å². The first-order valence-corrected chi connectivity index (χ1v) is 8.38. The minimum absolute atomic E-state index is 0.0286. The predicted octanol–water partition coefficient (Wildman–Crippen LogP) is 1.61. The van der Waals surface area contributed by atoms with Gasteiger partial charge in [0.1, 0.15) is 0 Å². The Kier molecular flexibility index (Phi) is 6.30. The molecule has 0 radical (unpaired) electrons. The molecular formula is C16H31N3O. The topological polar surface area (TPSA) is 44.4 Å². The molecule has 2 fully saturated rings. The summed E-state index contributed by atoms with van der Waals surface area (Å²) in [7, 11) is 0. The Hall–Kier alpha value is -0.610. The second kappa shape index (κ2) is 7.99. The highest BCUT2D eigenvalue weighted by Gasteiger charge is 2.24. The zero-order valence-corrected chi connectivity index (χ0v) is 13.2. The number of piperidine rings is 2. The summed E-state index contributed by atoms with van der Waals surface area (Å²) in [6.45, 7) is 9.85. The van der Waals surface area contributed by atoms with Crippen LogP contribution in [0, 0.1) is 11.8 Å². The van der Waals surface area contributed by atoms with Crippen LogP contribution >= 0.6 is 0 Å². The third kappa shape index (κ3) is 5.06. The summed E-state index contributed by atoms with van der Waals surface area (Å²) in [4.78, 5) is 14.7. The van der Waals surface area contributed by atoms with Gasteiger partial charge in [-0.15, -0.1) is 0 Å². The molecule has 3 unspecified atom stereocenters. The fourth-order valence-corrected chi connectivity index (χ4v) is 3.35. The molecule has 1 amide bonds. The molecule has 0 saturated carbocycles. The van der Waals surface area contributed by atoms with Gasteiger partial charge in [-0.25, -0.2) is 0 Å². The summed E-state index contributed by atoms with van der Waals surface area (Å²) in [5, 5.41) is 6.47. The molecule has 0 spiro atoms. The van der Waals surface area contributed by atoms with Crippen molar-refractivity contribution in [3.63, 3.8) is 0 Å². The van der Waals surface area contributed by atoms with Crippen molar-refractivity contribution in [2.45, 2.75) is 52.0 Å². The Bertz CT molecular complexity index is 302. The van der Waals surface area contributed by atoms with Crippen molar-refractivity contribution < 1.29 is 4.79 Å². The smallest absolute Gasteiger partial charge is 0.237 e. The summed E-state index contributed by atoms with van der Waals surface area (Å²) in [5.41, 5.74) is 0. The van der Waals surface area contributed by atoms with Crippen LogP contribution in [0.15, 0.2) is 0 Å². The molecule has 20 heavy (non-hydrogen) atoms. The molecule has 2 N–H and O–H groups in total. The number of hydrogen-bond acceptors (Lipinski definition) is 3. The van der Waals surface area contributed by atoms with Gasteiger partial charge < -0.3 is 15.5 Å². The van der Waals surface area contributed by atoms with Crippen LogP contribution < -0.4 is 10.6 Å². The Morgan fingerprint density at radius 2 is 2.10 bits per heavy atom. The Morgan fingerprint density at radius 1 is 1.35 bits per heavy atom. The highest BCUT2D eigenvalue weighted by Crippen LogP contribution is 2.15. The second-order valence-electron chi connectivity index (χ2n) is 6.85. The number of rotatable bonds is 5. The highest BCUT2D eigenvalue weighted by molar-refractivity contribution is 5.81. The predicted molar refractivity (Wildman–Crippen MR) is 82.7 cm³/mol. The normalized spacial score (nSPS) is 29.9. The van der Waals surface area contributed by atoms with Crippen molar-refractivity contribution in [3.05, 3.63) is 0 Å². The lowest BCUT2D eigenvalue weighted by atomic mass is 9.94. The van der Waals surface area contributed by atoms with Crippen molar-refractivity contribution in [1.82, 2.24) is 15.5 Å². The first kappa shape index (κ1) is 15.8. The van der Waals surface area contributed by atoms with Crippen molar-refractivity contribution in [3.8, 4) is 0 Å². The van der Waals surface area contributed by atoms with E-state index >= 15 is 0 Å². The molecule has 2 aliphatic heterocycles. The number of carbonyl (C=O) groups excluding carboxylic acids is 1. The number of hydrogen-bond donors (Lipinski definition) is 2. The molecule has 0 bridgehead atoms. The van der Waals surface area contributed by atoms with Crippen LogP contribution in [0.1, 0.15) is 46.0 Å². The fraction of sp³-hybridized carbons (Fsp3) is 0.938. The third-order valence-electron chi connectivity index (χ3n) is 4.63. The maximum atomic E-state index is 12.2. The van der Waals surface area contributed by atoms with Crippen LogP contribution in [-0.4, -0.2) is 49.6 Å². The van der Waals surface area contributed by atoms with Crippen LogP contribution in [-0.2, 0) is 4.79 Å². The first-order chi connectivity index (χ1) is 9.65. The zero-order valence-electron chi connectivity index (χ0n) is 13.2.